The molecule has 0 unspecified atom stereocenters. The lowest BCUT2D eigenvalue weighted by atomic mass is 10.1. The standard InChI is InChI=1S/C22H21NO5/c1-15-13-20(16(2)23(15)17-6-8-18(26-3)9-7-17)21(24)14-28-22(25)11-10-19-5-4-12-27-19/h4-13H,14H2,1-3H3. The quantitative estimate of drug-likeness (QED) is 0.351. The molecule has 0 aliphatic rings. The molecule has 6 heteroatoms. The van der Waals surface area contributed by atoms with E-state index < -0.39 is 5.97 Å². The second-order valence-corrected chi connectivity index (χ2v) is 6.20. The number of hydrogen-bond acceptors (Lipinski definition) is 5. The monoisotopic (exact) mass is 379 g/mol. The lowest BCUT2D eigenvalue weighted by Crippen LogP contribution is -2.13. The molecule has 0 bridgehead atoms. The number of ketones is 1. The van der Waals surface area contributed by atoms with Crippen molar-refractivity contribution in [2.24, 2.45) is 0 Å². The molecule has 0 spiro atoms. The summed E-state index contributed by atoms with van der Waals surface area (Å²) in [5, 5.41) is 0. The molecule has 0 amide bonds. The maximum atomic E-state index is 12.5. The summed E-state index contributed by atoms with van der Waals surface area (Å²) >= 11 is 0. The molecular formula is C22H21NO5. The summed E-state index contributed by atoms with van der Waals surface area (Å²) < 4.78 is 17.3. The molecule has 0 saturated heterocycles. The molecule has 0 atom stereocenters. The molecular weight excluding hydrogens is 358 g/mol. The zero-order chi connectivity index (χ0) is 20.1. The van der Waals surface area contributed by atoms with Gasteiger partial charge in [0.05, 0.1) is 13.4 Å². The van der Waals surface area contributed by atoms with Crippen molar-refractivity contribution >= 4 is 17.8 Å². The Labute approximate surface area is 163 Å². The van der Waals surface area contributed by atoms with Crippen LogP contribution in [0.25, 0.3) is 11.8 Å². The summed E-state index contributed by atoms with van der Waals surface area (Å²) in [6, 6.07) is 12.8. The summed E-state index contributed by atoms with van der Waals surface area (Å²) in [6.45, 7) is 3.46. The van der Waals surface area contributed by atoms with Crippen LogP contribution in [0.4, 0.5) is 0 Å². The molecule has 0 radical (unpaired) electrons. The van der Waals surface area contributed by atoms with Gasteiger partial charge < -0.3 is 18.5 Å². The van der Waals surface area contributed by atoms with Crippen LogP contribution in [0.3, 0.4) is 0 Å². The van der Waals surface area contributed by atoms with Gasteiger partial charge in [-0.25, -0.2) is 4.79 Å². The van der Waals surface area contributed by atoms with Gasteiger partial charge in [0.25, 0.3) is 0 Å². The van der Waals surface area contributed by atoms with Gasteiger partial charge >= 0.3 is 5.97 Å². The second kappa shape index (κ2) is 8.43. The molecule has 144 valence electrons. The molecule has 2 aromatic heterocycles. The summed E-state index contributed by atoms with van der Waals surface area (Å²) in [4.78, 5) is 24.3. The van der Waals surface area contributed by atoms with Crippen molar-refractivity contribution in [3.8, 4) is 11.4 Å². The van der Waals surface area contributed by atoms with E-state index in [9.17, 15) is 9.59 Å². The van der Waals surface area contributed by atoms with E-state index in [2.05, 4.69) is 0 Å². The third-order valence-electron chi connectivity index (χ3n) is 4.33. The van der Waals surface area contributed by atoms with Crippen molar-refractivity contribution in [2.75, 3.05) is 13.7 Å². The normalized spacial score (nSPS) is 11.0. The van der Waals surface area contributed by atoms with Crippen LogP contribution in [0.2, 0.25) is 0 Å². The van der Waals surface area contributed by atoms with Crippen molar-refractivity contribution in [1.82, 2.24) is 4.57 Å². The fraction of sp³-hybridized carbons (Fsp3) is 0.182. The minimum Gasteiger partial charge on any atom is -0.497 e. The van der Waals surface area contributed by atoms with Crippen molar-refractivity contribution in [3.05, 3.63) is 77.5 Å². The van der Waals surface area contributed by atoms with Crippen LogP contribution in [0, 0.1) is 13.8 Å². The fourth-order valence-corrected chi connectivity index (χ4v) is 2.97. The maximum Gasteiger partial charge on any atom is 0.331 e. The second-order valence-electron chi connectivity index (χ2n) is 6.20. The van der Waals surface area contributed by atoms with E-state index in [0.717, 1.165) is 22.8 Å². The van der Waals surface area contributed by atoms with E-state index >= 15 is 0 Å². The van der Waals surface area contributed by atoms with Gasteiger partial charge in [0, 0.05) is 28.7 Å². The Morgan fingerprint density at radius 3 is 2.54 bits per heavy atom. The number of hydrogen-bond donors (Lipinski definition) is 0. The molecule has 3 aromatic rings. The predicted molar refractivity (Wildman–Crippen MR) is 105 cm³/mol. The molecule has 1 aromatic carbocycles. The van der Waals surface area contributed by atoms with Crippen LogP contribution in [-0.4, -0.2) is 30.0 Å². The Hall–Kier alpha value is -3.54. The summed E-state index contributed by atoms with van der Waals surface area (Å²) in [5.41, 5.74) is 3.15. The van der Waals surface area contributed by atoms with Gasteiger partial charge in [-0.3, -0.25) is 4.79 Å². The molecule has 3 rings (SSSR count). The third-order valence-corrected chi connectivity index (χ3v) is 4.33. The molecule has 0 fully saturated rings. The topological polar surface area (TPSA) is 70.7 Å². The van der Waals surface area contributed by atoms with Crippen molar-refractivity contribution in [1.29, 1.82) is 0 Å². The Morgan fingerprint density at radius 2 is 1.89 bits per heavy atom. The van der Waals surface area contributed by atoms with Gasteiger partial charge in [-0.15, -0.1) is 0 Å². The van der Waals surface area contributed by atoms with Gasteiger partial charge in [-0.1, -0.05) is 0 Å². The van der Waals surface area contributed by atoms with Gasteiger partial charge in [-0.05, 0) is 62.4 Å². The summed E-state index contributed by atoms with van der Waals surface area (Å²) in [6.07, 6.45) is 4.22. The molecule has 28 heavy (non-hydrogen) atoms. The molecule has 0 N–H and O–H groups in total. The van der Waals surface area contributed by atoms with E-state index in [0.29, 0.717) is 11.3 Å². The van der Waals surface area contributed by atoms with Gasteiger partial charge in [0.15, 0.2) is 6.61 Å². The SMILES string of the molecule is COc1ccc(-n2c(C)cc(C(=O)COC(=O)C=Cc3ccco3)c2C)cc1. The van der Waals surface area contributed by atoms with E-state index in [1.165, 1.54) is 18.4 Å². The van der Waals surface area contributed by atoms with Crippen LogP contribution >= 0.6 is 0 Å². The number of ether oxygens (including phenoxy) is 2. The van der Waals surface area contributed by atoms with E-state index in [4.69, 9.17) is 13.9 Å². The number of aromatic nitrogens is 1. The third kappa shape index (κ3) is 4.23. The van der Waals surface area contributed by atoms with Crippen LogP contribution < -0.4 is 4.74 Å². The van der Waals surface area contributed by atoms with E-state index in [1.807, 2.05) is 42.7 Å². The smallest absolute Gasteiger partial charge is 0.331 e. The summed E-state index contributed by atoms with van der Waals surface area (Å²) in [7, 11) is 1.61. The van der Waals surface area contributed by atoms with Gasteiger partial charge in [-0.2, -0.15) is 0 Å². The number of aryl methyl sites for hydroxylation is 1. The molecule has 0 aliphatic heterocycles. The first-order valence-corrected chi connectivity index (χ1v) is 8.74. The average molecular weight is 379 g/mol. The fourth-order valence-electron chi connectivity index (χ4n) is 2.97. The number of esters is 1. The first-order chi connectivity index (χ1) is 13.5. The highest BCUT2D eigenvalue weighted by molar-refractivity contribution is 6.00. The number of benzene rings is 1. The number of Topliss-reactive ketones (excluding diaryl/α,β-unsaturated/α-hetero) is 1. The molecule has 6 nitrogen and oxygen atoms in total. The first kappa shape index (κ1) is 19.2. The number of furan rings is 1. The highest BCUT2D eigenvalue weighted by Crippen LogP contribution is 2.23. The van der Waals surface area contributed by atoms with Crippen LogP contribution in [0.1, 0.15) is 27.5 Å². The Kier molecular flexibility index (Phi) is 5.79. The zero-order valence-corrected chi connectivity index (χ0v) is 16.0. The Balaban J connectivity index is 1.69. The van der Waals surface area contributed by atoms with Crippen LogP contribution in [0.15, 0.2) is 59.2 Å². The lowest BCUT2D eigenvalue weighted by molar-refractivity contribution is -0.136. The maximum absolute atomic E-state index is 12.5. The Morgan fingerprint density at radius 1 is 1.14 bits per heavy atom. The minimum absolute atomic E-state index is 0.257. The van der Waals surface area contributed by atoms with Gasteiger partial charge in [0.2, 0.25) is 5.78 Å². The molecule has 0 aliphatic carbocycles. The van der Waals surface area contributed by atoms with Crippen molar-refractivity contribution < 1.29 is 23.5 Å². The van der Waals surface area contributed by atoms with E-state index in [-0.39, 0.29) is 12.4 Å². The van der Waals surface area contributed by atoms with Crippen molar-refractivity contribution in [2.45, 2.75) is 13.8 Å². The number of carbonyl (C=O) groups is 2. The first-order valence-electron chi connectivity index (χ1n) is 8.74. The van der Waals surface area contributed by atoms with Gasteiger partial charge in [0.1, 0.15) is 11.5 Å². The lowest BCUT2D eigenvalue weighted by Gasteiger charge is -2.10. The number of methoxy groups -OCH3 is 1. The molecule has 0 saturated carbocycles. The summed E-state index contributed by atoms with van der Waals surface area (Å²) in [5.74, 6) is 0.435. The highest BCUT2D eigenvalue weighted by atomic mass is 16.5. The van der Waals surface area contributed by atoms with Crippen LogP contribution in [-0.2, 0) is 9.53 Å². The number of nitrogens with zero attached hydrogens (tertiary/aromatic N) is 1. The number of carbonyl (C=O) groups excluding carboxylic acids is 2. The minimum atomic E-state index is -0.603. The molecule has 2 heterocycles. The predicted octanol–water partition coefficient (Wildman–Crippen LogP) is 4.14. The zero-order valence-electron chi connectivity index (χ0n) is 16.0. The largest absolute Gasteiger partial charge is 0.497 e. The Bertz CT molecular complexity index is 994. The van der Waals surface area contributed by atoms with E-state index in [1.54, 1.807) is 25.3 Å². The number of rotatable bonds is 7. The average Bonchev–Trinajstić information content (AvgIpc) is 3.32. The highest BCUT2D eigenvalue weighted by Gasteiger charge is 2.17. The van der Waals surface area contributed by atoms with Crippen molar-refractivity contribution in [3.63, 3.8) is 0 Å². The van der Waals surface area contributed by atoms with Crippen LogP contribution in [0.5, 0.6) is 5.75 Å².